The Morgan fingerprint density at radius 1 is 0.571 bits per heavy atom. The van der Waals surface area contributed by atoms with E-state index in [0.717, 1.165) is 6.42 Å². The Bertz CT molecular complexity index is 2410. The number of aromatic nitrogens is 3. The van der Waals surface area contributed by atoms with E-state index in [-0.39, 0.29) is 6.04 Å². The van der Waals surface area contributed by atoms with Crippen LogP contribution in [-0.2, 0) is 0 Å². The Morgan fingerprint density at radius 3 is 2.29 bits per heavy atom. The number of hydrogen-bond acceptors (Lipinski definition) is 0. The number of rotatable bonds is 0. The van der Waals surface area contributed by atoms with Crippen LogP contribution in [0.15, 0.2) is 134 Å². The van der Waals surface area contributed by atoms with Crippen molar-refractivity contribution in [2.24, 2.45) is 0 Å². The first-order valence-electron chi connectivity index (χ1n) is 14.8. The van der Waals surface area contributed by atoms with Gasteiger partial charge >= 0.3 is 0 Å². The maximum absolute atomic E-state index is 2.54. The van der Waals surface area contributed by atoms with Crippen molar-refractivity contribution in [3.8, 4) is 22.5 Å². The van der Waals surface area contributed by atoms with Gasteiger partial charge in [0, 0.05) is 56.9 Å². The topological polar surface area (TPSA) is 12.2 Å². The molecule has 8 aromatic rings. The van der Waals surface area contributed by atoms with Crippen molar-refractivity contribution in [1.82, 2.24) is 4.40 Å². The van der Waals surface area contributed by atoms with Crippen molar-refractivity contribution in [3.05, 3.63) is 145 Å². The molecule has 2 aliphatic heterocycles. The second kappa shape index (κ2) is 8.14. The number of benzene rings is 4. The highest BCUT2D eigenvalue weighted by atomic mass is 15.0. The maximum Gasteiger partial charge on any atom is 0.218 e. The lowest BCUT2D eigenvalue weighted by Gasteiger charge is -2.30. The highest BCUT2D eigenvalue weighted by Crippen LogP contribution is 2.48. The summed E-state index contributed by atoms with van der Waals surface area (Å²) in [4.78, 5) is 0. The van der Waals surface area contributed by atoms with Crippen molar-refractivity contribution in [2.75, 3.05) is 0 Å². The molecule has 2 unspecified atom stereocenters. The van der Waals surface area contributed by atoms with Gasteiger partial charge in [0.1, 0.15) is 0 Å². The zero-order chi connectivity index (χ0) is 27.4. The molecule has 4 aromatic carbocycles. The molecule has 3 nitrogen and oxygen atoms in total. The van der Waals surface area contributed by atoms with Crippen LogP contribution in [0.2, 0.25) is 0 Å². The van der Waals surface area contributed by atoms with Gasteiger partial charge in [0.15, 0.2) is 24.6 Å². The monoisotopic (exact) mass is 537 g/mol. The van der Waals surface area contributed by atoms with Crippen LogP contribution in [-0.4, -0.2) is 4.40 Å². The van der Waals surface area contributed by atoms with E-state index in [1.165, 1.54) is 71.7 Å². The Balaban J connectivity index is 1.40. The third-order valence-electron chi connectivity index (χ3n) is 9.74. The van der Waals surface area contributed by atoms with Gasteiger partial charge in [0.2, 0.25) is 11.4 Å². The maximum atomic E-state index is 2.54. The SMILES string of the molecule is C1=C[n+]2ccccc2-c2cc3c4cccc5c6ccccc6n(c3cc2C2C(C1)c1ccccc1-c1cccc[n+]12)c54. The van der Waals surface area contributed by atoms with Gasteiger partial charge < -0.3 is 4.40 Å². The van der Waals surface area contributed by atoms with Crippen molar-refractivity contribution in [3.63, 3.8) is 0 Å². The van der Waals surface area contributed by atoms with Crippen molar-refractivity contribution in [2.45, 2.75) is 18.4 Å². The summed E-state index contributed by atoms with van der Waals surface area (Å²) in [7, 11) is 0. The van der Waals surface area contributed by atoms with Crippen LogP contribution >= 0.6 is 0 Å². The average molecular weight is 538 g/mol. The van der Waals surface area contributed by atoms with Gasteiger partial charge in [-0.25, -0.2) is 0 Å². The van der Waals surface area contributed by atoms with Gasteiger partial charge in [-0.1, -0.05) is 54.6 Å². The molecule has 42 heavy (non-hydrogen) atoms. The van der Waals surface area contributed by atoms with E-state index in [0.29, 0.717) is 5.92 Å². The van der Waals surface area contributed by atoms with Gasteiger partial charge in [-0.3, -0.25) is 0 Å². The number of nitrogens with zero attached hydrogens (tertiary/aromatic N) is 3. The fourth-order valence-corrected chi connectivity index (χ4v) is 8.06. The second-order valence-electron chi connectivity index (χ2n) is 11.8. The Morgan fingerprint density at radius 2 is 1.33 bits per heavy atom. The van der Waals surface area contributed by atoms with Gasteiger partial charge in [-0.2, -0.15) is 9.13 Å². The zero-order valence-corrected chi connectivity index (χ0v) is 23.0. The molecule has 196 valence electrons. The number of allylic oxidation sites excluding steroid dienone is 1. The smallest absolute Gasteiger partial charge is 0.218 e. The lowest BCUT2D eigenvalue weighted by molar-refractivity contribution is -0.708. The molecular weight excluding hydrogens is 510 g/mol. The first-order chi connectivity index (χ1) is 20.9. The average Bonchev–Trinajstić information content (AvgIpc) is 3.58. The summed E-state index contributed by atoms with van der Waals surface area (Å²) in [5, 5.41) is 5.27. The number of pyridine rings is 2. The Hall–Kier alpha value is -5.28. The molecule has 0 amide bonds. The molecule has 6 heterocycles. The van der Waals surface area contributed by atoms with E-state index in [2.05, 4.69) is 153 Å². The van der Waals surface area contributed by atoms with Gasteiger partial charge in [-0.05, 0) is 54.5 Å². The molecule has 3 heteroatoms. The molecule has 0 spiro atoms. The Labute approximate surface area is 243 Å². The standard InChI is InChI=1S/C39H27N3/c1-2-12-26-25(11-1)28-16-10-21-40-20-7-5-17-34(40)32-23-31-30-15-9-14-29-27-13-3-4-19-36(27)42(39(29)30)37(31)24-33(32)38(28)41-22-8-6-18-35(26)41/h1-15,17-24,28,38H,16H2/q+2. The first-order valence-corrected chi connectivity index (χ1v) is 14.8. The van der Waals surface area contributed by atoms with Crippen LogP contribution < -0.4 is 9.13 Å². The zero-order valence-electron chi connectivity index (χ0n) is 23.0. The van der Waals surface area contributed by atoms with Crippen LogP contribution in [0.5, 0.6) is 0 Å². The molecule has 0 fully saturated rings. The third-order valence-corrected chi connectivity index (χ3v) is 9.74. The summed E-state index contributed by atoms with van der Waals surface area (Å²) in [5.74, 6) is 0.300. The molecule has 0 bridgehead atoms. The van der Waals surface area contributed by atoms with E-state index < -0.39 is 0 Å². The lowest BCUT2D eigenvalue weighted by atomic mass is 9.77. The Kier molecular flexibility index (Phi) is 4.35. The van der Waals surface area contributed by atoms with E-state index in [9.17, 15) is 0 Å². The summed E-state index contributed by atoms with van der Waals surface area (Å²) >= 11 is 0. The molecule has 2 aliphatic rings. The molecule has 0 N–H and O–H groups in total. The molecule has 0 radical (unpaired) electrons. The van der Waals surface area contributed by atoms with Crippen LogP contribution in [0.25, 0.3) is 66.8 Å². The third kappa shape index (κ3) is 2.80. The van der Waals surface area contributed by atoms with E-state index >= 15 is 0 Å². The van der Waals surface area contributed by atoms with Crippen molar-refractivity contribution >= 4 is 44.3 Å². The number of fused-ring (bicyclic) bond motifs is 16. The molecule has 0 saturated heterocycles. The molecular formula is C39H27N3+2. The first kappa shape index (κ1) is 22.4. The minimum Gasteiger partial charge on any atom is -0.308 e. The van der Waals surface area contributed by atoms with Crippen LogP contribution in [0, 0.1) is 0 Å². The highest BCUT2D eigenvalue weighted by Gasteiger charge is 2.43. The predicted molar refractivity (Wildman–Crippen MR) is 170 cm³/mol. The van der Waals surface area contributed by atoms with Crippen LogP contribution in [0.1, 0.15) is 29.5 Å². The summed E-state index contributed by atoms with van der Waals surface area (Å²) in [6.45, 7) is 0. The largest absolute Gasteiger partial charge is 0.308 e. The molecule has 2 atom stereocenters. The lowest BCUT2D eigenvalue weighted by Crippen LogP contribution is -2.48. The number of para-hydroxylation sites is 2. The summed E-state index contributed by atoms with van der Waals surface area (Å²) < 4.78 is 7.36. The van der Waals surface area contributed by atoms with Crippen LogP contribution in [0.3, 0.4) is 0 Å². The minimum atomic E-state index is 0.147. The highest BCUT2D eigenvalue weighted by molar-refractivity contribution is 6.23. The summed E-state index contributed by atoms with van der Waals surface area (Å²) in [6, 6.07) is 43.0. The predicted octanol–water partition coefficient (Wildman–Crippen LogP) is 8.31. The fraction of sp³-hybridized carbons (Fsp3) is 0.0769. The molecule has 10 rings (SSSR count). The summed E-state index contributed by atoms with van der Waals surface area (Å²) in [6.07, 6.45) is 10.1. The van der Waals surface area contributed by atoms with Gasteiger partial charge in [0.25, 0.3) is 0 Å². The van der Waals surface area contributed by atoms with Crippen molar-refractivity contribution < 1.29 is 9.13 Å². The van der Waals surface area contributed by atoms with E-state index in [4.69, 9.17) is 0 Å². The van der Waals surface area contributed by atoms with Gasteiger partial charge in [-0.15, -0.1) is 0 Å². The minimum absolute atomic E-state index is 0.147. The van der Waals surface area contributed by atoms with Crippen molar-refractivity contribution in [1.29, 1.82) is 0 Å². The quantitative estimate of drug-likeness (QED) is 0.173. The number of hydrogen-bond donors (Lipinski definition) is 0. The molecule has 0 saturated carbocycles. The van der Waals surface area contributed by atoms with Crippen LogP contribution in [0.4, 0.5) is 0 Å². The molecule has 4 aromatic heterocycles. The summed E-state index contributed by atoms with van der Waals surface area (Å²) in [5.41, 5.74) is 11.8. The van der Waals surface area contributed by atoms with E-state index in [1.807, 2.05) is 0 Å². The van der Waals surface area contributed by atoms with E-state index in [1.54, 1.807) is 0 Å². The molecule has 0 aliphatic carbocycles. The normalized spacial score (nSPS) is 17.3. The fourth-order valence-electron chi connectivity index (χ4n) is 8.06. The second-order valence-corrected chi connectivity index (χ2v) is 11.8. The van der Waals surface area contributed by atoms with Gasteiger partial charge in [0.05, 0.1) is 28.0 Å².